The number of rotatable bonds is 4. The van der Waals surface area contributed by atoms with E-state index in [0.717, 1.165) is 36.9 Å². The molecule has 0 fully saturated rings. The van der Waals surface area contributed by atoms with Crippen molar-refractivity contribution in [3.05, 3.63) is 62.1 Å². The van der Waals surface area contributed by atoms with Crippen LogP contribution >= 0.6 is 11.3 Å². The van der Waals surface area contributed by atoms with Gasteiger partial charge >= 0.3 is 5.63 Å². The highest BCUT2D eigenvalue weighted by Crippen LogP contribution is 2.36. The van der Waals surface area contributed by atoms with Crippen LogP contribution in [0.4, 0.5) is 0 Å². The molecule has 130 valence electrons. The first kappa shape index (κ1) is 16.4. The van der Waals surface area contributed by atoms with Crippen LogP contribution in [0.25, 0.3) is 11.0 Å². The van der Waals surface area contributed by atoms with Gasteiger partial charge in [0.2, 0.25) is 0 Å². The Morgan fingerprint density at radius 1 is 1.32 bits per heavy atom. The van der Waals surface area contributed by atoms with Crippen molar-refractivity contribution >= 4 is 22.3 Å². The third-order valence-electron chi connectivity index (χ3n) is 5.00. The zero-order valence-corrected chi connectivity index (χ0v) is 15.3. The predicted octanol–water partition coefficient (Wildman–Crippen LogP) is 4.37. The zero-order chi connectivity index (χ0) is 17.4. The molecule has 0 amide bonds. The molecule has 0 saturated carbocycles. The average Bonchev–Trinajstić information content (AvgIpc) is 3.09. The highest BCUT2D eigenvalue weighted by molar-refractivity contribution is 7.10. The van der Waals surface area contributed by atoms with E-state index in [2.05, 4.69) is 23.3 Å². The fourth-order valence-corrected chi connectivity index (χ4v) is 4.73. The lowest BCUT2D eigenvalue weighted by Crippen LogP contribution is -2.34. The van der Waals surface area contributed by atoms with E-state index < -0.39 is 0 Å². The van der Waals surface area contributed by atoms with Gasteiger partial charge < -0.3 is 9.15 Å². The Morgan fingerprint density at radius 3 is 3.00 bits per heavy atom. The summed E-state index contributed by atoms with van der Waals surface area (Å²) < 4.78 is 10.6. The molecule has 1 aliphatic heterocycles. The highest BCUT2D eigenvalue weighted by atomic mass is 32.1. The fraction of sp³-hybridized carbons (Fsp3) is 0.350. The second kappa shape index (κ2) is 6.65. The van der Waals surface area contributed by atoms with Crippen molar-refractivity contribution in [2.45, 2.75) is 32.4 Å². The Balaban J connectivity index is 1.72. The van der Waals surface area contributed by atoms with Crippen LogP contribution in [0.3, 0.4) is 0 Å². The van der Waals surface area contributed by atoms with Crippen LogP contribution in [0.15, 0.2) is 44.9 Å². The van der Waals surface area contributed by atoms with Gasteiger partial charge in [0.05, 0.1) is 7.11 Å². The number of hydrogen-bond donors (Lipinski definition) is 0. The molecule has 0 unspecified atom stereocenters. The van der Waals surface area contributed by atoms with Gasteiger partial charge in [-0.1, -0.05) is 6.92 Å². The van der Waals surface area contributed by atoms with Gasteiger partial charge in [-0.25, -0.2) is 4.79 Å². The number of hydrogen-bond acceptors (Lipinski definition) is 5. The molecule has 1 aromatic carbocycles. The van der Waals surface area contributed by atoms with E-state index in [-0.39, 0.29) is 5.63 Å². The van der Waals surface area contributed by atoms with Gasteiger partial charge in [-0.2, -0.15) is 0 Å². The number of thiophene rings is 1. The molecule has 0 aliphatic carbocycles. The average molecular weight is 355 g/mol. The summed E-state index contributed by atoms with van der Waals surface area (Å²) in [6.45, 7) is 4.00. The summed E-state index contributed by atoms with van der Waals surface area (Å²) in [6, 6.07) is 9.97. The van der Waals surface area contributed by atoms with Gasteiger partial charge in [-0.3, -0.25) is 4.90 Å². The van der Waals surface area contributed by atoms with E-state index in [0.29, 0.717) is 17.4 Å². The molecule has 0 saturated heterocycles. The van der Waals surface area contributed by atoms with Crippen molar-refractivity contribution < 1.29 is 9.15 Å². The minimum Gasteiger partial charge on any atom is -0.497 e. The molecule has 25 heavy (non-hydrogen) atoms. The second-order valence-electron chi connectivity index (χ2n) is 6.40. The van der Waals surface area contributed by atoms with Crippen LogP contribution in [0.1, 0.15) is 35.4 Å². The summed E-state index contributed by atoms with van der Waals surface area (Å²) in [5, 5.41) is 3.17. The summed E-state index contributed by atoms with van der Waals surface area (Å²) >= 11 is 1.86. The highest BCUT2D eigenvalue weighted by Gasteiger charge is 2.27. The lowest BCUT2D eigenvalue weighted by Gasteiger charge is -2.35. The van der Waals surface area contributed by atoms with Crippen molar-refractivity contribution in [2.75, 3.05) is 13.7 Å². The van der Waals surface area contributed by atoms with Gasteiger partial charge in [0.15, 0.2) is 0 Å². The molecule has 2 aromatic heterocycles. The topological polar surface area (TPSA) is 42.7 Å². The standard InChI is InChI=1S/C20H21NO3S/c1-3-17-16-7-9-25-19(16)6-8-21(17)12-13-10-20(22)24-18-11-14(23-2)4-5-15(13)18/h4-5,7,9-11,17H,3,6,8,12H2,1-2H3/t17-/m1/s1. The Morgan fingerprint density at radius 2 is 2.20 bits per heavy atom. The summed E-state index contributed by atoms with van der Waals surface area (Å²) in [5.74, 6) is 0.695. The van der Waals surface area contributed by atoms with Crippen LogP contribution in [0, 0.1) is 0 Å². The lowest BCUT2D eigenvalue weighted by molar-refractivity contribution is 0.173. The normalized spacial score (nSPS) is 17.6. The van der Waals surface area contributed by atoms with E-state index in [9.17, 15) is 4.79 Å². The van der Waals surface area contributed by atoms with Crippen molar-refractivity contribution in [3.63, 3.8) is 0 Å². The third kappa shape index (κ3) is 2.98. The number of nitrogens with zero attached hydrogens (tertiary/aromatic N) is 1. The van der Waals surface area contributed by atoms with Gasteiger partial charge in [0.25, 0.3) is 0 Å². The van der Waals surface area contributed by atoms with Crippen LogP contribution in [0.5, 0.6) is 5.75 Å². The van der Waals surface area contributed by atoms with E-state index in [1.807, 2.05) is 23.5 Å². The molecule has 1 atom stereocenters. The van der Waals surface area contributed by atoms with Gasteiger partial charge in [-0.05, 0) is 47.5 Å². The van der Waals surface area contributed by atoms with E-state index in [4.69, 9.17) is 9.15 Å². The number of benzene rings is 1. The number of methoxy groups -OCH3 is 1. The fourth-order valence-electron chi connectivity index (χ4n) is 3.80. The first-order valence-corrected chi connectivity index (χ1v) is 9.48. The molecule has 4 nitrogen and oxygen atoms in total. The van der Waals surface area contributed by atoms with Crippen molar-refractivity contribution in [1.82, 2.24) is 4.90 Å². The molecule has 3 aromatic rings. The van der Waals surface area contributed by atoms with E-state index >= 15 is 0 Å². The minimum atomic E-state index is -0.308. The number of fused-ring (bicyclic) bond motifs is 2. The molecular weight excluding hydrogens is 334 g/mol. The quantitative estimate of drug-likeness (QED) is 0.652. The second-order valence-corrected chi connectivity index (χ2v) is 7.40. The predicted molar refractivity (Wildman–Crippen MR) is 101 cm³/mol. The van der Waals surface area contributed by atoms with Crippen LogP contribution < -0.4 is 10.4 Å². The Bertz CT molecular complexity index is 959. The maximum absolute atomic E-state index is 12.0. The molecule has 0 bridgehead atoms. The van der Waals surface area contributed by atoms with E-state index in [1.54, 1.807) is 19.2 Å². The van der Waals surface area contributed by atoms with Gasteiger partial charge in [0, 0.05) is 41.5 Å². The summed E-state index contributed by atoms with van der Waals surface area (Å²) in [5.41, 5.74) is 2.75. The molecule has 1 aliphatic rings. The molecule has 0 spiro atoms. The zero-order valence-electron chi connectivity index (χ0n) is 14.5. The van der Waals surface area contributed by atoms with Crippen LogP contribution in [-0.4, -0.2) is 18.6 Å². The maximum atomic E-state index is 12.0. The molecule has 0 N–H and O–H groups in total. The minimum absolute atomic E-state index is 0.308. The monoisotopic (exact) mass is 355 g/mol. The molecule has 3 heterocycles. The molecule has 0 radical (unpaired) electrons. The number of ether oxygens (including phenoxy) is 1. The largest absolute Gasteiger partial charge is 0.497 e. The molecule has 4 rings (SSSR count). The summed E-state index contributed by atoms with van der Waals surface area (Å²) in [6.07, 6.45) is 2.15. The van der Waals surface area contributed by atoms with Crippen LogP contribution in [-0.2, 0) is 13.0 Å². The molecule has 5 heteroatoms. The maximum Gasteiger partial charge on any atom is 0.336 e. The van der Waals surface area contributed by atoms with Crippen LogP contribution in [0.2, 0.25) is 0 Å². The SMILES string of the molecule is CC[C@@H]1c2ccsc2CCN1Cc1cc(=O)oc2cc(OC)ccc12. The third-order valence-corrected chi connectivity index (χ3v) is 6.00. The van der Waals surface area contributed by atoms with Crippen molar-refractivity contribution in [2.24, 2.45) is 0 Å². The first-order chi connectivity index (χ1) is 12.2. The van der Waals surface area contributed by atoms with Gasteiger partial charge in [-0.15, -0.1) is 11.3 Å². The molecular formula is C20H21NO3S. The van der Waals surface area contributed by atoms with Gasteiger partial charge in [0.1, 0.15) is 11.3 Å². The Hall–Kier alpha value is -2.11. The summed E-state index contributed by atoms with van der Waals surface area (Å²) in [4.78, 5) is 16.0. The Labute approximate surface area is 150 Å². The first-order valence-electron chi connectivity index (χ1n) is 8.60. The Kier molecular flexibility index (Phi) is 4.36. The van der Waals surface area contributed by atoms with Crippen molar-refractivity contribution in [3.8, 4) is 5.75 Å². The smallest absolute Gasteiger partial charge is 0.336 e. The van der Waals surface area contributed by atoms with Crippen molar-refractivity contribution in [1.29, 1.82) is 0 Å². The van der Waals surface area contributed by atoms with E-state index in [1.165, 1.54) is 10.4 Å². The lowest BCUT2D eigenvalue weighted by atomic mass is 9.96. The summed E-state index contributed by atoms with van der Waals surface area (Å²) in [7, 11) is 1.61.